The van der Waals surface area contributed by atoms with E-state index in [0.29, 0.717) is 12.2 Å². The third kappa shape index (κ3) is 33.4. The normalized spacial score (nSPS) is 13.2. The van der Waals surface area contributed by atoms with Crippen molar-refractivity contribution in [2.45, 2.75) is 180 Å². The maximum absolute atomic E-state index is 12.6. The van der Waals surface area contributed by atoms with Gasteiger partial charge in [-0.2, -0.15) is 12.6 Å². The van der Waals surface area contributed by atoms with Crippen molar-refractivity contribution < 1.29 is 42.4 Å². The van der Waals surface area contributed by atoms with E-state index in [2.05, 4.69) is 31.8 Å². The molecule has 0 aliphatic rings. The number of carbonyl (C=O) groups excluding carboxylic acids is 3. The van der Waals surface area contributed by atoms with Gasteiger partial charge in [0, 0.05) is 25.8 Å². The lowest BCUT2D eigenvalue weighted by atomic mass is 10.1. The number of rotatable bonds is 36. The van der Waals surface area contributed by atoms with Crippen molar-refractivity contribution in [1.82, 2.24) is 5.32 Å². The van der Waals surface area contributed by atoms with Gasteiger partial charge in [0.25, 0.3) is 0 Å². The van der Waals surface area contributed by atoms with Crippen LogP contribution in [0, 0.1) is 0 Å². The van der Waals surface area contributed by atoms with E-state index in [1.807, 2.05) is 0 Å². The van der Waals surface area contributed by atoms with Gasteiger partial charge in [0.2, 0.25) is 5.91 Å². The van der Waals surface area contributed by atoms with Crippen molar-refractivity contribution in [3.63, 3.8) is 0 Å². The van der Waals surface area contributed by atoms with Crippen molar-refractivity contribution in [2.75, 3.05) is 32.1 Å². The summed E-state index contributed by atoms with van der Waals surface area (Å²) >= 11 is 3.98. The number of thiol groups is 1. The monoisotopic (exact) mass is 723 g/mol. The Kier molecular flexibility index (Phi) is 33.5. The Balaban J connectivity index is 4.48. The summed E-state index contributed by atoms with van der Waals surface area (Å²) in [5.74, 6) is -0.737. The zero-order valence-corrected chi connectivity index (χ0v) is 32.2. The molecule has 0 bridgehead atoms. The highest BCUT2D eigenvalue weighted by Crippen LogP contribution is 2.43. The van der Waals surface area contributed by atoms with Crippen LogP contribution in [0.25, 0.3) is 0 Å². The van der Waals surface area contributed by atoms with Crippen LogP contribution in [0.4, 0.5) is 0 Å². The summed E-state index contributed by atoms with van der Waals surface area (Å²) in [7, 11) is -4.50. The van der Waals surface area contributed by atoms with Crippen LogP contribution in [0.5, 0.6) is 0 Å². The van der Waals surface area contributed by atoms with E-state index < -0.39 is 32.5 Å². The fourth-order valence-electron chi connectivity index (χ4n) is 5.24. The molecule has 2 unspecified atom stereocenters. The van der Waals surface area contributed by atoms with Gasteiger partial charge in [0.05, 0.1) is 13.2 Å². The molecule has 0 aromatic heterocycles. The van der Waals surface area contributed by atoms with Gasteiger partial charge in [0.1, 0.15) is 6.61 Å². The van der Waals surface area contributed by atoms with Crippen LogP contribution < -0.4 is 5.32 Å². The molecule has 0 aromatic rings. The van der Waals surface area contributed by atoms with Crippen molar-refractivity contribution in [3.8, 4) is 0 Å². The second kappa shape index (κ2) is 34.3. The average Bonchev–Trinajstić information content (AvgIpc) is 3.06. The minimum absolute atomic E-state index is 0.0224. The first-order valence-corrected chi connectivity index (χ1v) is 21.2. The van der Waals surface area contributed by atoms with E-state index in [1.165, 1.54) is 96.3 Å². The molecule has 0 radical (unpaired) electrons. The lowest BCUT2D eigenvalue weighted by Crippen LogP contribution is -2.30. The molecule has 48 heavy (non-hydrogen) atoms. The fourth-order valence-corrected chi connectivity index (χ4v) is 6.20. The lowest BCUT2D eigenvalue weighted by molar-refractivity contribution is -0.161. The summed E-state index contributed by atoms with van der Waals surface area (Å²) in [4.78, 5) is 46.5. The Morgan fingerprint density at radius 2 is 1.06 bits per heavy atom. The highest BCUT2D eigenvalue weighted by molar-refractivity contribution is 7.80. The number of esters is 2. The SMILES string of the molecule is CCCCCCCCCCCCCC(=O)OCC(COP(=O)(O)OCCNC(=O)CCS)OC(=O)CCCCCCCCCCCCC. The molecule has 0 fully saturated rings. The van der Waals surface area contributed by atoms with Crippen LogP contribution in [-0.2, 0) is 37.5 Å². The molecule has 1 amide bonds. The van der Waals surface area contributed by atoms with Crippen LogP contribution in [0.3, 0.4) is 0 Å². The van der Waals surface area contributed by atoms with Crippen molar-refractivity contribution in [2.24, 2.45) is 0 Å². The standard InChI is InChI=1S/C36H70NO9PS/c1-3-5-7-9-11-13-15-17-19-21-23-25-35(39)43-31-33(32-45-47(41,42)44-29-28-37-34(38)27-30-48)46-36(40)26-24-22-20-18-16-14-12-10-8-6-4-2/h33,48H,3-32H2,1-2H3,(H,37,38)(H,41,42). The zero-order chi connectivity index (χ0) is 35.6. The van der Waals surface area contributed by atoms with E-state index >= 15 is 0 Å². The summed E-state index contributed by atoms with van der Waals surface area (Å²) < 4.78 is 33.2. The predicted molar refractivity (Wildman–Crippen MR) is 196 cm³/mol. The summed E-state index contributed by atoms with van der Waals surface area (Å²) in [6.45, 7) is 3.47. The number of carbonyl (C=O) groups is 3. The molecule has 0 spiro atoms. The number of hydrogen-bond acceptors (Lipinski definition) is 9. The van der Waals surface area contributed by atoms with Gasteiger partial charge in [0.15, 0.2) is 6.10 Å². The smallest absolute Gasteiger partial charge is 0.462 e. The van der Waals surface area contributed by atoms with Crippen LogP contribution in [0.1, 0.15) is 174 Å². The fraction of sp³-hybridized carbons (Fsp3) is 0.917. The molecule has 2 atom stereocenters. The number of phosphoric ester groups is 1. The maximum atomic E-state index is 12.6. The second-order valence-electron chi connectivity index (χ2n) is 12.8. The van der Waals surface area contributed by atoms with E-state index in [0.717, 1.165) is 38.5 Å². The zero-order valence-electron chi connectivity index (χ0n) is 30.4. The summed E-state index contributed by atoms with van der Waals surface area (Å²) in [5.41, 5.74) is 0. The molecule has 0 aromatic carbocycles. The third-order valence-electron chi connectivity index (χ3n) is 8.14. The van der Waals surface area contributed by atoms with Gasteiger partial charge in [-0.05, 0) is 18.6 Å². The molecule has 0 rings (SSSR count). The first kappa shape index (κ1) is 46.9. The van der Waals surface area contributed by atoms with E-state index in [4.69, 9.17) is 18.5 Å². The summed E-state index contributed by atoms with van der Waals surface area (Å²) in [5, 5.41) is 2.54. The predicted octanol–water partition coefficient (Wildman–Crippen LogP) is 9.41. The van der Waals surface area contributed by atoms with Gasteiger partial charge in [-0.25, -0.2) is 4.57 Å². The molecule has 0 heterocycles. The first-order chi connectivity index (χ1) is 23.2. The molecule has 2 N–H and O–H groups in total. The summed E-state index contributed by atoms with van der Waals surface area (Å²) in [6, 6.07) is 0. The number of hydrogen-bond donors (Lipinski definition) is 3. The molecule has 10 nitrogen and oxygen atoms in total. The molecule has 12 heteroatoms. The number of ether oxygens (including phenoxy) is 2. The van der Waals surface area contributed by atoms with Crippen LogP contribution >= 0.6 is 20.5 Å². The first-order valence-electron chi connectivity index (χ1n) is 19.1. The average molecular weight is 724 g/mol. The Morgan fingerprint density at radius 3 is 1.52 bits per heavy atom. The Morgan fingerprint density at radius 1 is 0.625 bits per heavy atom. The Hall–Kier alpha value is -1.13. The van der Waals surface area contributed by atoms with Gasteiger partial charge < -0.3 is 19.7 Å². The number of amides is 1. The van der Waals surface area contributed by atoms with Crippen LogP contribution in [0.15, 0.2) is 0 Å². The highest BCUT2D eigenvalue weighted by atomic mass is 32.1. The molecule has 0 aliphatic carbocycles. The maximum Gasteiger partial charge on any atom is 0.472 e. The van der Waals surface area contributed by atoms with Crippen molar-refractivity contribution >= 4 is 38.3 Å². The van der Waals surface area contributed by atoms with Crippen LogP contribution in [0.2, 0.25) is 0 Å². The van der Waals surface area contributed by atoms with Gasteiger partial charge in [-0.15, -0.1) is 0 Å². The van der Waals surface area contributed by atoms with Crippen molar-refractivity contribution in [1.29, 1.82) is 0 Å². The summed E-state index contributed by atoms with van der Waals surface area (Å²) in [6.07, 6.45) is 25.4. The third-order valence-corrected chi connectivity index (χ3v) is 9.35. The Labute approximate surface area is 297 Å². The van der Waals surface area contributed by atoms with Crippen LogP contribution in [-0.4, -0.2) is 61.0 Å². The topological polar surface area (TPSA) is 137 Å². The molecular weight excluding hydrogens is 653 g/mol. The molecule has 0 saturated carbocycles. The minimum atomic E-state index is -4.50. The molecule has 0 saturated heterocycles. The number of phosphoric acid groups is 1. The van der Waals surface area contributed by atoms with E-state index in [-0.39, 0.29) is 44.9 Å². The van der Waals surface area contributed by atoms with Gasteiger partial charge >= 0.3 is 19.8 Å². The quantitative estimate of drug-likeness (QED) is 0.0250. The number of unbranched alkanes of at least 4 members (excludes halogenated alkanes) is 20. The largest absolute Gasteiger partial charge is 0.472 e. The Bertz CT molecular complexity index is 833. The van der Waals surface area contributed by atoms with E-state index in [9.17, 15) is 23.8 Å². The highest BCUT2D eigenvalue weighted by Gasteiger charge is 2.26. The molecule has 284 valence electrons. The molecular formula is C36H70NO9PS. The minimum Gasteiger partial charge on any atom is -0.462 e. The van der Waals surface area contributed by atoms with Crippen molar-refractivity contribution in [3.05, 3.63) is 0 Å². The number of nitrogens with one attached hydrogen (secondary N) is 1. The molecule has 0 aliphatic heterocycles. The van der Waals surface area contributed by atoms with E-state index in [1.54, 1.807) is 0 Å². The van der Waals surface area contributed by atoms with Gasteiger partial charge in [-0.3, -0.25) is 23.4 Å². The van der Waals surface area contributed by atoms with Gasteiger partial charge in [-0.1, -0.05) is 142 Å². The lowest BCUT2D eigenvalue weighted by Gasteiger charge is -2.20. The second-order valence-corrected chi connectivity index (χ2v) is 14.7.